The monoisotopic (exact) mass is 270 g/mol. The standard InChI is InChI=1S/C19H26O/c1-5-8-15-9-6-7-10-18(15)20-17-13-11-16(12-14-17)19(2,3)4/h1,11-15,18H,6-10H2,2-4H3/t15-,18+/m1/s1. The van der Waals surface area contributed by atoms with Crippen molar-refractivity contribution in [2.75, 3.05) is 0 Å². The summed E-state index contributed by atoms with van der Waals surface area (Å²) in [5.74, 6) is 4.30. The van der Waals surface area contributed by atoms with E-state index in [4.69, 9.17) is 11.2 Å². The highest BCUT2D eigenvalue weighted by Crippen LogP contribution is 2.31. The zero-order chi connectivity index (χ0) is 14.6. The zero-order valence-electron chi connectivity index (χ0n) is 13.0. The van der Waals surface area contributed by atoms with E-state index in [-0.39, 0.29) is 5.41 Å². The second-order valence-corrected chi connectivity index (χ2v) is 6.88. The van der Waals surface area contributed by atoms with Gasteiger partial charge >= 0.3 is 0 Å². The maximum atomic E-state index is 6.19. The quantitative estimate of drug-likeness (QED) is 0.706. The number of benzene rings is 1. The lowest BCUT2D eigenvalue weighted by molar-refractivity contribution is 0.0952. The number of rotatable bonds is 3. The molecule has 0 saturated heterocycles. The van der Waals surface area contributed by atoms with Gasteiger partial charge in [0.25, 0.3) is 0 Å². The van der Waals surface area contributed by atoms with Crippen LogP contribution in [-0.2, 0) is 5.41 Å². The van der Waals surface area contributed by atoms with Gasteiger partial charge in [-0.2, -0.15) is 0 Å². The Hall–Kier alpha value is -1.42. The van der Waals surface area contributed by atoms with Crippen molar-refractivity contribution in [3.63, 3.8) is 0 Å². The van der Waals surface area contributed by atoms with E-state index in [1.165, 1.54) is 24.8 Å². The Kier molecular flexibility index (Phi) is 4.76. The van der Waals surface area contributed by atoms with E-state index in [2.05, 4.69) is 51.0 Å². The SMILES string of the molecule is C#CC[C@@H]1CCCC[C@@H]1Oc1ccc(C(C)(C)C)cc1. The number of hydrogen-bond acceptors (Lipinski definition) is 1. The molecule has 1 aromatic carbocycles. The molecule has 0 amide bonds. The fourth-order valence-corrected chi connectivity index (χ4v) is 2.92. The summed E-state index contributed by atoms with van der Waals surface area (Å²) in [5, 5.41) is 0. The Labute approximate surface area is 123 Å². The van der Waals surface area contributed by atoms with Crippen LogP contribution < -0.4 is 4.74 Å². The van der Waals surface area contributed by atoms with Crippen molar-refractivity contribution in [1.82, 2.24) is 0 Å². The molecule has 20 heavy (non-hydrogen) atoms. The highest BCUT2D eigenvalue weighted by atomic mass is 16.5. The van der Waals surface area contributed by atoms with Crippen molar-refractivity contribution in [1.29, 1.82) is 0 Å². The molecule has 0 radical (unpaired) electrons. The van der Waals surface area contributed by atoms with Gasteiger partial charge in [-0.1, -0.05) is 39.3 Å². The molecule has 0 bridgehead atoms. The molecule has 1 saturated carbocycles. The molecular formula is C19H26O. The molecule has 0 aliphatic heterocycles. The molecule has 1 aliphatic rings. The third-order valence-corrected chi connectivity index (χ3v) is 4.23. The van der Waals surface area contributed by atoms with E-state index in [9.17, 15) is 0 Å². The predicted molar refractivity (Wildman–Crippen MR) is 85.0 cm³/mol. The van der Waals surface area contributed by atoms with Gasteiger partial charge in [0.2, 0.25) is 0 Å². The molecule has 0 spiro atoms. The van der Waals surface area contributed by atoms with Crippen molar-refractivity contribution in [3.8, 4) is 18.1 Å². The third kappa shape index (κ3) is 3.79. The average molecular weight is 270 g/mol. The van der Waals surface area contributed by atoms with Crippen LogP contribution in [0.1, 0.15) is 58.4 Å². The van der Waals surface area contributed by atoms with Crippen molar-refractivity contribution in [2.45, 2.75) is 64.4 Å². The van der Waals surface area contributed by atoms with Crippen molar-refractivity contribution in [2.24, 2.45) is 5.92 Å². The molecule has 0 heterocycles. The Balaban J connectivity index is 2.03. The van der Waals surface area contributed by atoms with Crippen LogP contribution in [0.25, 0.3) is 0 Å². The summed E-state index contributed by atoms with van der Waals surface area (Å²) in [6.07, 6.45) is 11.5. The Morgan fingerprint density at radius 3 is 2.40 bits per heavy atom. The lowest BCUT2D eigenvalue weighted by atomic mass is 9.84. The fourth-order valence-electron chi connectivity index (χ4n) is 2.92. The van der Waals surface area contributed by atoms with E-state index in [0.29, 0.717) is 12.0 Å². The molecule has 1 aromatic rings. The van der Waals surface area contributed by atoms with Crippen LogP contribution >= 0.6 is 0 Å². The van der Waals surface area contributed by atoms with Crippen LogP contribution in [0.4, 0.5) is 0 Å². The largest absolute Gasteiger partial charge is 0.490 e. The normalized spacial score (nSPS) is 23.1. The number of terminal acetylenes is 1. The topological polar surface area (TPSA) is 9.23 Å². The first-order valence-electron chi connectivity index (χ1n) is 7.71. The molecule has 1 nitrogen and oxygen atoms in total. The maximum Gasteiger partial charge on any atom is 0.119 e. The molecule has 0 N–H and O–H groups in total. The zero-order valence-corrected chi connectivity index (χ0v) is 13.0. The van der Waals surface area contributed by atoms with Crippen molar-refractivity contribution >= 4 is 0 Å². The first-order chi connectivity index (χ1) is 9.50. The fraction of sp³-hybridized carbons (Fsp3) is 0.579. The van der Waals surface area contributed by atoms with Crippen molar-refractivity contribution in [3.05, 3.63) is 29.8 Å². The predicted octanol–water partition coefficient (Wildman–Crippen LogP) is 4.95. The lowest BCUT2D eigenvalue weighted by Crippen LogP contribution is -2.30. The molecule has 1 aliphatic carbocycles. The minimum atomic E-state index is 0.190. The van der Waals surface area contributed by atoms with Crippen LogP contribution in [0.2, 0.25) is 0 Å². The second kappa shape index (κ2) is 6.35. The summed E-state index contributed by atoms with van der Waals surface area (Å²) in [5.41, 5.74) is 1.53. The minimum Gasteiger partial charge on any atom is -0.490 e. The molecular weight excluding hydrogens is 244 g/mol. The molecule has 1 heteroatoms. The summed E-state index contributed by atoms with van der Waals surface area (Å²) >= 11 is 0. The Morgan fingerprint density at radius 1 is 1.15 bits per heavy atom. The van der Waals surface area contributed by atoms with Crippen LogP contribution in [0, 0.1) is 18.3 Å². The van der Waals surface area contributed by atoms with Gasteiger partial charge in [0, 0.05) is 12.3 Å². The Morgan fingerprint density at radius 2 is 1.80 bits per heavy atom. The third-order valence-electron chi connectivity index (χ3n) is 4.23. The maximum absolute atomic E-state index is 6.19. The minimum absolute atomic E-state index is 0.190. The van der Waals surface area contributed by atoms with Gasteiger partial charge in [0.1, 0.15) is 11.9 Å². The van der Waals surface area contributed by atoms with Crippen LogP contribution in [-0.4, -0.2) is 6.10 Å². The molecule has 2 rings (SSSR count). The van der Waals surface area contributed by atoms with E-state index in [1.807, 2.05) is 0 Å². The van der Waals surface area contributed by atoms with Gasteiger partial charge in [-0.15, -0.1) is 12.3 Å². The van der Waals surface area contributed by atoms with Gasteiger partial charge in [-0.25, -0.2) is 0 Å². The summed E-state index contributed by atoms with van der Waals surface area (Å²) in [7, 11) is 0. The molecule has 0 aromatic heterocycles. The highest BCUT2D eigenvalue weighted by molar-refractivity contribution is 5.31. The first-order valence-corrected chi connectivity index (χ1v) is 7.71. The van der Waals surface area contributed by atoms with Gasteiger partial charge in [-0.05, 0) is 42.4 Å². The van der Waals surface area contributed by atoms with E-state index < -0.39 is 0 Å². The van der Waals surface area contributed by atoms with Gasteiger partial charge in [0.05, 0.1) is 0 Å². The molecule has 1 fully saturated rings. The van der Waals surface area contributed by atoms with Gasteiger partial charge < -0.3 is 4.74 Å². The number of hydrogen-bond donors (Lipinski definition) is 0. The Bertz CT molecular complexity index is 458. The first kappa shape index (κ1) is 15.0. The van der Waals surface area contributed by atoms with Crippen LogP contribution in [0.5, 0.6) is 5.75 Å². The summed E-state index contributed by atoms with van der Waals surface area (Å²) in [6, 6.07) is 8.55. The summed E-state index contributed by atoms with van der Waals surface area (Å²) in [4.78, 5) is 0. The van der Waals surface area contributed by atoms with Crippen LogP contribution in [0.3, 0.4) is 0 Å². The summed E-state index contributed by atoms with van der Waals surface area (Å²) < 4.78 is 6.19. The van der Waals surface area contributed by atoms with Gasteiger partial charge in [-0.3, -0.25) is 0 Å². The van der Waals surface area contributed by atoms with E-state index in [1.54, 1.807) is 0 Å². The second-order valence-electron chi connectivity index (χ2n) is 6.88. The highest BCUT2D eigenvalue weighted by Gasteiger charge is 2.26. The van der Waals surface area contributed by atoms with E-state index in [0.717, 1.165) is 18.6 Å². The lowest BCUT2D eigenvalue weighted by Gasteiger charge is -2.31. The van der Waals surface area contributed by atoms with Gasteiger partial charge in [0.15, 0.2) is 0 Å². The summed E-state index contributed by atoms with van der Waals surface area (Å²) in [6.45, 7) is 6.69. The van der Waals surface area contributed by atoms with E-state index >= 15 is 0 Å². The number of ether oxygens (including phenoxy) is 1. The molecule has 108 valence electrons. The van der Waals surface area contributed by atoms with Crippen molar-refractivity contribution < 1.29 is 4.74 Å². The molecule has 2 atom stereocenters. The van der Waals surface area contributed by atoms with Crippen LogP contribution in [0.15, 0.2) is 24.3 Å². The average Bonchev–Trinajstić information content (AvgIpc) is 2.41. The smallest absolute Gasteiger partial charge is 0.119 e. The molecule has 0 unspecified atom stereocenters.